The maximum atomic E-state index is 5.98. The van der Waals surface area contributed by atoms with Crippen molar-refractivity contribution < 1.29 is 9.26 Å². The second-order valence-electron chi connectivity index (χ2n) is 5.82. The van der Waals surface area contributed by atoms with Crippen LogP contribution in [0.4, 0.5) is 5.82 Å². The van der Waals surface area contributed by atoms with Crippen LogP contribution in [0.5, 0.6) is 0 Å². The lowest BCUT2D eigenvalue weighted by atomic mass is 10.0. The molecule has 1 atom stereocenters. The van der Waals surface area contributed by atoms with Crippen LogP contribution in [-0.2, 0) is 17.7 Å². The lowest BCUT2D eigenvalue weighted by molar-refractivity contribution is 0.111. The first-order valence-electron chi connectivity index (χ1n) is 8.02. The topological polar surface area (TPSA) is 90.3 Å². The molecular weight excluding hydrogens is 294 g/mol. The van der Waals surface area contributed by atoms with Gasteiger partial charge in [-0.05, 0) is 25.5 Å². The Bertz CT molecular complexity index is 630. The highest BCUT2D eigenvalue weighted by Gasteiger charge is 2.29. The summed E-state index contributed by atoms with van der Waals surface area (Å²) >= 11 is 0. The number of likely N-dealkylation sites (tertiary alicyclic amines) is 1. The van der Waals surface area contributed by atoms with E-state index in [9.17, 15) is 0 Å². The van der Waals surface area contributed by atoms with Crippen molar-refractivity contribution in [1.29, 1.82) is 0 Å². The molecule has 0 radical (unpaired) electrons. The van der Waals surface area contributed by atoms with Gasteiger partial charge in [0, 0.05) is 31.8 Å². The van der Waals surface area contributed by atoms with E-state index in [2.05, 4.69) is 20.0 Å². The molecule has 23 heavy (non-hydrogen) atoms. The Kier molecular flexibility index (Phi) is 5.19. The Labute approximate surface area is 135 Å². The van der Waals surface area contributed by atoms with E-state index >= 15 is 0 Å². The minimum absolute atomic E-state index is 0.146. The lowest BCUT2D eigenvalue weighted by Crippen LogP contribution is -2.33. The predicted octanol–water partition coefficient (Wildman–Crippen LogP) is 1.96. The molecule has 0 aliphatic carbocycles. The van der Waals surface area contributed by atoms with E-state index in [0.717, 1.165) is 25.1 Å². The van der Waals surface area contributed by atoms with E-state index < -0.39 is 0 Å². The van der Waals surface area contributed by atoms with Crippen LogP contribution in [-0.4, -0.2) is 40.3 Å². The fourth-order valence-electron chi connectivity index (χ4n) is 2.96. The van der Waals surface area contributed by atoms with Gasteiger partial charge in [0.15, 0.2) is 5.82 Å². The Morgan fingerprint density at radius 2 is 2.35 bits per heavy atom. The zero-order chi connectivity index (χ0) is 16.1. The zero-order valence-electron chi connectivity index (χ0n) is 13.4. The van der Waals surface area contributed by atoms with Gasteiger partial charge < -0.3 is 15.0 Å². The number of nitrogen functional groups attached to an aromatic ring is 1. The van der Waals surface area contributed by atoms with E-state index in [-0.39, 0.29) is 6.04 Å². The van der Waals surface area contributed by atoms with Crippen LogP contribution < -0.4 is 5.73 Å². The number of aromatic nitrogens is 3. The lowest BCUT2D eigenvalue weighted by Gasteiger charge is -2.33. The smallest absolute Gasteiger partial charge is 0.244 e. The Morgan fingerprint density at radius 1 is 1.43 bits per heavy atom. The van der Waals surface area contributed by atoms with Crippen molar-refractivity contribution in [3.63, 3.8) is 0 Å². The Hall–Kier alpha value is -1.99. The van der Waals surface area contributed by atoms with Crippen molar-refractivity contribution in [2.75, 3.05) is 26.0 Å². The molecule has 124 valence electrons. The van der Waals surface area contributed by atoms with Crippen LogP contribution in [0.15, 0.2) is 22.9 Å². The monoisotopic (exact) mass is 317 g/mol. The maximum Gasteiger partial charge on any atom is 0.244 e. The second-order valence-corrected chi connectivity index (χ2v) is 5.82. The molecule has 2 aromatic rings. The van der Waals surface area contributed by atoms with Crippen LogP contribution in [0.1, 0.15) is 42.6 Å². The first-order valence-corrected chi connectivity index (χ1v) is 8.02. The van der Waals surface area contributed by atoms with Gasteiger partial charge in [-0.1, -0.05) is 17.6 Å². The van der Waals surface area contributed by atoms with Gasteiger partial charge in [0.2, 0.25) is 5.89 Å². The van der Waals surface area contributed by atoms with Crippen molar-refractivity contribution in [3.05, 3.63) is 35.6 Å². The number of nitrogens with two attached hydrogens (primary N) is 1. The molecule has 1 saturated heterocycles. The van der Waals surface area contributed by atoms with Crippen LogP contribution in [0.25, 0.3) is 0 Å². The summed E-state index contributed by atoms with van der Waals surface area (Å²) in [5.41, 5.74) is 7.02. The van der Waals surface area contributed by atoms with Crippen molar-refractivity contribution in [2.24, 2.45) is 0 Å². The summed E-state index contributed by atoms with van der Waals surface area (Å²) < 4.78 is 10.6. The van der Waals surface area contributed by atoms with Crippen LogP contribution in [0, 0.1) is 0 Å². The summed E-state index contributed by atoms with van der Waals surface area (Å²) in [6.45, 7) is 2.34. The van der Waals surface area contributed by atoms with Gasteiger partial charge in [0.25, 0.3) is 0 Å². The number of hydrogen-bond acceptors (Lipinski definition) is 7. The number of methoxy groups -OCH3 is 1. The number of pyridine rings is 1. The van der Waals surface area contributed by atoms with E-state index in [1.165, 1.54) is 12.8 Å². The first-order chi connectivity index (χ1) is 11.3. The third kappa shape index (κ3) is 3.86. The molecule has 3 heterocycles. The summed E-state index contributed by atoms with van der Waals surface area (Å²) in [6, 6.07) is 4.08. The molecule has 7 nitrogen and oxygen atoms in total. The summed E-state index contributed by atoms with van der Waals surface area (Å²) in [4.78, 5) is 11.1. The molecule has 0 amide bonds. The van der Waals surface area contributed by atoms with Crippen molar-refractivity contribution in [3.8, 4) is 0 Å². The quantitative estimate of drug-likeness (QED) is 0.871. The molecule has 0 saturated carbocycles. The predicted molar refractivity (Wildman–Crippen MR) is 85.5 cm³/mol. The van der Waals surface area contributed by atoms with Crippen molar-refractivity contribution >= 4 is 5.82 Å². The largest absolute Gasteiger partial charge is 0.384 e. The molecular formula is C16H23N5O2. The molecule has 1 aliphatic heterocycles. The van der Waals surface area contributed by atoms with Gasteiger partial charge in [-0.2, -0.15) is 4.98 Å². The van der Waals surface area contributed by atoms with E-state index in [1.54, 1.807) is 13.3 Å². The first kappa shape index (κ1) is 15.9. The molecule has 2 N–H and O–H groups in total. The molecule has 0 aromatic carbocycles. The molecule has 3 rings (SSSR count). The van der Waals surface area contributed by atoms with Crippen molar-refractivity contribution in [2.45, 2.75) is 38.3 Å². The fraction of sp³-hybridized carbons (Fsp3) is 0.562. The highest BCUT2D eigenvalue weighted by molar-refractivity contribution is 5.38. The highest BCUT2D eigenvalue weighted by atomic mass is 16.5. The third-order valence-electron chi connectivity index (χ3n) is 4.21. The third-order valence-corrected chi connectivity index (χ3v) is 4.21. The minimum atomic E-state index is 0.146. The van der Waals surface area contributed by atoms with Crippen LogP contribution in [0.3, 0.4) is 0 Å². The number of hydrogen-bond donors (Lipinski definition) is 1. The average molecular weight is 317 g/mol. The molecule has 0 bridgehead atoms. The molecule has 1 aliphatic rings. The minimum Gasteiger partial charge on any atom is -0.384 e. The van der Waals surface area contributed by atoms with E-state index in [1.807, 2.05) is 12.1 Å². The molecule has 0 unspecified atom stereocenters. The standard InChI is InChI=1S/C16H23N5O2/c1-22-10-7-14-19-16(23-20-14)13-6-2-3-9-21(13)11-12-5-4-8-18-15(12)17/h4-5,8,13H,2-3,6-7,9-11H2,1H3,(H2,17,18)/t13-/m0/s1. The van der Waals surface area contributed by atoms with E-state index in [4.69, 9.17) is 15.0 Å². The normalized spacial score (nSPS) is 19.1. The summed E-state index contributed by atoms with van der Waals surface area (Å²) in [5.74, 6) is 1.98. The summed E-state index contributed by atoms with van der Waals surface area (Å²) in [7, 11) is 1.67. The van der Waals surface area contributed by atoms with Crippen LogP contribution in [0.2, 0.25) is 0 Å². The summed E-state index contributed by atoms with van der Waals surface area (Å²) in [5, 5.41) is 4.06. The molecule has 7 heteroatoms. The van der Waals surface area contributed by atoms with Gasteiger partial charge in [0.05, 0.1) is 12.6 Å². The zero-order valence-corrected chi connectivity index (χ0v) is 13.4. The summed E-state index contributed by atoms with van der Waals surface area (Å²) in [6.07, 6.45) is 5.74. The van der Waals surface area contributed by atoms with E-state index in [0.29, 0.717) is 30.6 Å². The number of anilines is 1. The van der Waals surface area contributed by atoms with Gasteiger partial charge in [-0.25, -0.2) is 4.98 Å². The molecule has 2 aromatic heterocycles. The van der Waals surface area contributed by atoms with Gasteiger partial charge in [-0.15, -0.1) is 0 Å². The number of rotatable bonds is 6. The van der Waals surface area contributed by atoms with Gasteiger partial charge >= 0.3 is 0 Å². The second kappa shape index (κ2) is 7.52. The molecule has 0 spiro atoms. The number of nitrogens with zero attached hydrogens (tertiary/aromatic N) is 4. The molecule has 1 fully saturated rings. The Morgan fingerprint density at radius 3 is 3.17 bits per heavy atom. The maximum absolute atomic E-state index is 5.98. The van der Waals surface area contributed by atoms with Gasteiger partial charge in [0.1, 0.15) is 5.82 Å². The van der Waals surface area contributed by atoms with Crippen LogP contribution >= 0.6 is 0 Å². The SMILES string of the molecule is COCCc1noc([C@@H]2CCCCN2Cc2cccnc2N)n1. The average Bonchev–Trinajstić information content (AvgIpc) is 3.04. The number of piperidine rings is 1. The van der Waals surface area contributed by atoms with Crippen molar-refractivity contribution in [1.82, 2.24) is 20.0 Å². The van der Waals surface area contributed by atoms with Gasteiger partial charge in [-0.3, -0.25) is 4.90 Å². The Balaban J connectivity index is 1.73. The fourth-order valence-corrected chi connectivity index (χ4v) is 2.96. The number of ether oxygens (including phenoxy) is 1. The highest BCUT2D eigenvalue weighted by Crippen LogP contribution is 2.31.